The molecule has 0 atom stereocenters. The Kier molecular flexibility index (Phi) is 1.86. The largest absolute Gasteiger partial charge is 0.316 e. The quantitative estimate of drug-likeness (QED) is 0.690. The molecule has 0 unspecified atom stereocenters. The Morgan fingerprint density at radius 1 is 1.29 bits per heavy atom. The third kappa shape index (κ3) is 1.27. The van der Waals surface area contributed by atoms with Crippen molar-refractivity contribution in [2.75, 3.05) is 13.1 Å². The van der Waals surface area contributed by atoms with Crippen molar-refractivity contribution in [1.82, 2.24) is 5.32 Å². The maximum Gasteiger partial charge on any atom is 0.0409 e. The Morgan fingerprint density at radius 3 is 2.93 bits per heavy atom. The van der Waals surface area contributed by atoms with Gasteiger partial charge in [0.05, 0.1) is 0 Å². The van der Waals surface area contributed by atoms with Crippen LogP contribution in [0, 0.1) is 0 Å². The van der Waals surface area contributed by atoms with Crippen molar-refractivity contribution >= 4 is 11.6 Å². The van der Waals surface area contributed by atoms with Gasteiger partial charge in [-0.1, -0.05) is 17.7 Å². The van der Waals surface area contributed by atoms with Gasteiger partial charge < -0.3 is 5.32 Å². The molecular weight excluding hydrogens is 194 g/mol. The van der Waals surface area contributed by atoms with Gasteiger partial charge in [0.2, 0.25) is 0 Å². The molecule has 0 aromatic heterocycles. The molecule has 1 spiro atoms. The molecule has 1 nitrogen and oxygen atoms in total. The molecule has 0 amide bonds. The van der Waals surface area contributed by atoms with E-state index in [0.717, 1.165) is 24.5 Å². The van der Waals surface area contributed by atoms with Crippen molar-refractivity contribution in [1.29, 1.82) is 0 Å². The van der Waals surface area contributed by atoms with Gasteiger partial charge in [-0.05, 0) is 49.1 Å². The van der Waals surface area contributed by atoms with Gasteiger partial charge in [-0.2, -0.15) is 0 Å². The van der Waals surface area contributed by atoms with E-state index in [2.05, 4.69) is 17.4 Å². The lowest BCUT2D eigenvalue weighted by molar-refractivity contribution is 0.603. The maximum atomic E-state index is 6.06. The molecule has 1 fully saturated rings. The predicted octanol–water partition coefficient (Wildman–Crippen LogP) is 2.52. The molecule has 1 heterocycles. The van der Waals surface area contributed by atoms with Gasteiger partial charge in [0, 0.05) is 17.0 Å². The van der Waals surface area contributed by atoms with Crippen molar-refractivity contribution in [3.8, 4) is 0 Å². The monoisotopic (exact) mass is 207 g/mol. The van der Waals surface area contributed by atoms with Gasteiger partial charge in [-0.3, -0.25) is 0 Å². The van der Waals surface area contributed by atoms with E-state index in [0.29, 0.717) is 5.41 Å². The van der Waals surface area contributed by atoms with Crippen LogP contribution in [-0.4, -0.2) is 13.1 Å². The molecule has 74 valence electrons. The van der Waals surface area contributed by atoms with Crippen LogP contribution in [0.4, 0.5) is 0 Å². The molecule has 1 aliphatic heterocycles. The van der Waals surface area contributed by atoms with Crippen molar-refractivity contribution in [2.24, 2.45) is 0 Å². The predicted molar refractivity (Wildman–Crippen MR) is 58.9 cm³/mol. The standard InChI is InChI=1S/C12H14ClN/c13-10-2-1-9-3-6-14-8-12(4-5-12)11(9)7-10/h1-2,7,14H,3-6,8H2. The highest BCUT2D eigenvalue weighted by Gasteiger charge is 2.45. The third-order valence-corrected chi connectivity index (χ3v) is 3.77. The summed E-state index contributed by atoms with van der Waals surface area (Å²) in [6.45, 7) is 2.25. The zero-order chi connectivity index (χ0) is 9.60. The Labute approximate surface area is 89.5 Å². The van der Waals surface area contributed by atoms with E-state index < -0.39 is 0 Å². The van der Waals surface area contributed by atoms with E-state index in [4.69, 9.17) is 11.6 Å². The van der Waals surface area contributed by atoms with Crippen LogP contribution in [-0.2, 0) is 11.8 Å². The van der Waals surface area contributed by atoms with E-state index in [1.807, 2.05) is 6.07 Å². The van der Waals surface area contributed by atoms with Gasteiger partial charge in [0.15, 0.2) is 0 Å². The van der Waals surface area contributed by atoms with Crippen LogP contribution in [0.1, 0.15) is 24.0 Å². The topological polar surface area (TPSA) is 12.0 Å². The lowest BCUT2D eigenvalue weighted by atomic mass is 9.91. The molecule has 1 aromatic rings. The molecule has 14 heavy (non-hydrogen) atoms. The number of hydrogen-bond donors (Lipinski definition) is 1. The summed E-state index contributed by atoms with van der Waals surface area (Å²) in [5, 5.41) is 4.41. The fraction of sp³-hybridized carbons (Fsp3) is 0.500. The number of halogens is 1. The lowest BCUT2D eigenvalue weighted by Gasteiger charge is -2.15. The molecule has 0 radical (unpaired) electrons. The second-order valence-electron chi connectivity index (χ2n) is 4.51. The molecule has 1 N–H and O–H groups in total. The number of rotatable bonds is 0. The van der Waals surface area contributed by atoms with E-state index in [-0.39, 0.29) is 0 Å². The average Bonchev–Trinajstić information content (AvgIpc) is 2.97. The molecule has 1 aromatic carbocycles. The minimum atomic E-state index is 0.441. The summed E-state index contributed by atoms with van der Waals surface area (Å²) in [4.78, 5) is 0. The summed E-state index contributed by atoms with van der Waals surface area (Å²) in [5.74, 6) is 0. The minimum Gasteiger partial charge on any atom is -0.316 e. The fourth-order valence-corrected chi connectivity index (χ4v) is 2.68. The summed E-state index contributed by atoms with van der Waals surface area (Å²) >= 11 is 6.06. The molecule has 3 rings (SSSR count). The van der Waals surface area contributed by atoms with Crippen molar-refractivity contribution in [2.45, 2.75) is 24.7 Å². The van der Waals surface area contributed by atoms with E-state index in [1.54, 1.807) is 0 Å². The van der Waals surface area contributed by atoms with Gasteiger partial charge in [-0.15, -0.1) is 0 Å². The first kappa shape index (κ1) is 8.75. The van der Waals surface area contributed by atoms with Crippen LogP contribution in [0.15, 0.2) is 18.2 Å². The van der Waals surface area contributed by atoms with Crippen LogP contribution in [0.3, 0.4) is 0 Å². The van der Waals surface area contributed by atoms with Crippen LogP contribution in [0.25, 0.3) is 0 Å². The first-order chi connectivity index (χ1) is 6.80. The molecule has 2 aliphatic rings. The molecule has 0 bridgehead atoms. The molecule has 0 saturated heterocycles. The fourth-order valence-electron chi connectivity index (χ4n) is 2.50. The van der Waals surface area contributed by atoms with E-state index in [9.17, 15) is 0 Å². The van der Waals surface area contributed by atoms with Gasteiger partial charge in [-0.25, -0.2) is 0 Å². The van der Waals surface area contributed by atoms with Crippen LogP contribution < -0.4 is 5.32 Å². The number of fused-ring (bicyclic) bond motifs is 2. The second kappa shape index (κ2) is 2.98. The van der Waals surface area contributed by atoms with Crippen molar-refractivity contribution < 1.29 is 0 Å². The van der Waals surface area contributed by atoms with Gasteiger partial charge in [0.1, 0.15) is 0 Å². The second-order valence-corrected chi connectivity index (χ2v) is 4.95. The molecule has 1 saturated carbocycles. The zero-order valence-corrected chi connectivity index (χ0v) is 8.90. The Balaban J connectivity index is 2.13. The smallest absolute Gasteiger partial charge is 0.0409 e. The number of hydrogen-bond acceptors (Lipinski definition) is 1. The number of nitrogens with one attached hydrogen (secondary N) is 1. The molecule has 2 heteroatoms. The Bertz CT molecular complexity index is 369. The highest BCUT2D eigenvalue weighted by molar-refractivity contribution is 6.30. The minimum absolute atomic E-state index is 0.441. The van der Waals surface area contributed by atoms with Crippen molar-refractivity contribution in [3.63, 3.8) is 0 Å². The normalized spacial score (nSPS) is 22.9. The van der Waals surface area contributed by atoms with E-state index >= 15 is 0 Å². The van der Waals surface area contributed by atoms with Crippen LogP contribution in [0.2, 0.25) is 5.02 Å². The zero-order valence-electron chi connectivity index (χ0n) is 8.15. The molecular formula is C12H14ClN. The van der Waals surface area contributed by atoms with Gasteiger partial charge >= 0.3 is 0 Å². The maximum absolute atomic E-state index is 6.06. The highest BCUT2D eigenvalue weighted by atomic mass is 35.5. The third-order valence-electron chi connectivity index (χ3n) is 3.53. The average molecular weight is 208 g/mol. The summed E-state index contributed by atoms with van der Waals surface area (Å²) < 4.78 is 0. The lowest BCUT2D eigenvalue weighted by Crippen LogP contribution is -2.24. The Morgan fingerprint density at radius 2 is 2.14 bits per heavy atom. The van der Waals surface area contributed by atoms with E-state index in [1.165, 1.54) is 24.0 Å². The summed E-state index contributed by atoms with van der Waals surface area (Å²) in [6, 6.07) is 6.39. The number of benzene rings is 1. The Hall–Kier alpha value is -0.530. The van der Waals surface area contributed by atoms with Gasteiger partial charge in [0.25, 0.3) is 0 Å². The van der Waals surface area contributed by atoms with Crippen LogP contribution >= 0.6 is 11.6 Å². The first-order valence-electron chi connectivity index (χ1n) is 5.30. The van der Waals surface area contributed by atoms with Crippen molar-refractivity contribution in [3.05, 3.63) is 34.3 Å². The summed E-state index contributed by atoms with van der Waals surface area (Å²) in [5.41, 5.74) is 3.45. The molecule has 1 aliphatic carbocycles. The SMILES string of the molecule is Clc1ccc2c(c1)C1(CC1)CNCC2. The van der Waals surface area contributed by atoms with Crippen LogP contribution in [0.5, 0.6) is 0 Å². The first-order valence-corrected chi connectivity index (χ1v) is 5.68. The highest BCUT2D eigenvalue weighted by Crippen LogP contribution is 2.50. The summed E-state index contributed by atoms with van der Waals surface area (Å²) in [6.07, 6.45) is 3.80. The summed E-state index contributed by atoms with van der Waals surface area (Å²) in [7, 11) is 0.